The first-order valence-electron chi connectivity index (χ1n) is 8.85. The van der Waals surface area contributed by atoms with Crippen molar-refractivity contribution in [1.29, 1.82) is 0 Å². The Labute approximate surface area is 143 Å². The lowest BCUT2D eigenvalue weighted by atomic mass is 9.99. The van der Waals surface area contributed by atoms with Crippen LogP contribution in [0.5, 0.6) is 0 Å². The third-order valence-corrected chi connectivity index (χ3v) is 4.64. The molecule has 5 heteroatoms. The minimum absolute atomic E-state index is 0.147. The molecule has 2 aromatic rings. The van der Waals surface area contributed by atoms with Crippen molar-refractivity contribution in [1.82, 2.24) is 15.5 Å². The summed E-state index contributed by atoms with van der Waals surface area (Å²) in [5.41, 5.74) is 0.417. The van der Waals surface area contributed by atoms with E-state index >= 15 is 0 Å². The minimum Gasteiger partial charge on any atom is -0.355 e. The number of anilines is 1. The highest BCUT2D eigenvalue weighted by atomic mass is 16.1. The lowest BCUT2D eigenvalue weighted by molar-refractivity contribution is 0.0945. The second-order valence-corrected chi connectivity index (χ2v) is 7.19. The Morgan fingerprint density at radius 2 is 1.88 bits per heavy atom. The van der Waals surface area contributed by atoms with E-state index in [0.717, 1.165) is 35.6 Å². The van der Waals surface area contributed by atoms with Crippen molar-refractivity contribution in [2.75, 3.05) is 24.5 Å². The molecule has 0 spiro atoms. The van der Waals surface area contributed by atoms with Crippen molar-refractivity contribution in [3.8, 4) is 0 Å². The molecule has 0 atom stereocenters. The molecule has 0 aliphatic carbocycles. The van der Waals surface area contributed by atoms with Gasteiger partial charge in [0.25, 0.3) is 5.91 Å². The van der Waals surface area contributed by atoms with Crippen LogP contribution in [0.15, 0.2) is 24.3 Å². The Bertz CT molecular complexity index is 720. The number of aromatic nitrogens is 2. The predicted molar refractivity (Wildman–Crippen MR) is 97.3 cm³/mol. The highest BCUT2D eigenvalue weighted by molar-refractivity contribution is 6.07. The van der Waals surface area contributed by atoms with E-state index in [0.29, 0.717) is 18.2 Å². The number of benzene rings is 1. The van der Waals surface area contributed by atoms with Gasteiger partial charge < -0.3 is 10.2 Å². The van der Waals surface area contributed by atoms with Gasteiger partial charge in [-0.15, -0.1) is 10.2 Å². The van der Waals surface area contributed by atoms with Gasteiger partial charge in [0, 0.05) is 30.4 Å². The molecule has 1 N–H and O–H groups in total. The third kappa shape index (κ3) is 3.50. The Balaban J connectivity index is 1.94. The first kappa shape index (κ1) is 16.7. The van der Waals surface area contributed by atoms with Gasteiger partial charge in [0.2, 0.25) is 0 Å². The number of rotatable bonds is 4. The number of nitrogens with zero attached hydrogens (tertiary/aromatic N) is 3. The number of piperidine rings is 1. The zero-order valence-corrected chi connectivity index (χ0v) is 14.7. The number of hydrogen-bond donors (Lipinski definition) is 1. The van der Waals surface area contributed by atoms with Crippen molar-refractivity contribution < 1.29 is 4.79 Å². The highest BCUT2D eigenvalue weighted by Crippen LogP contribution is 2.29. The first-order valence-corrected chi connectivity index (χ1v) is 8.85. The average Bonchev–Trinajstić information content (AvgIpc) is 2.59. The van der Waals surface area contributed by atoms with Gasteiger partial charge in [-0.05, 0) is 24.7 Å². The summed E-state index contributed by atoms with van der Waals surface area (Å²) < 4.78 is 0. The summed E-state index contributed by atoms with van der Waals surface area (Å²) in [7, 11) is 0. The summed E-state index contributed by atoms with van der Waals surface area (Å²) in [4.78, 5) is 14.8. The fourth-order valence-corrected chi connectivity index (χ4v) is 3.09. The molecule has 1 aromatic carbocycles. The third-order valence-electron chi connectivity index (χ3n) is 4.64. The maximum Gasteiger partial charge on any atom is 0.272 e. The van der Waals surface area contributed by atoms with Crippen molar-refractivity contribution in [3.05, 3.63) is 30.0 Å². The van der Waals surface area contributed by atoms with E-state index in [1.165, 1.54) is 12.8 Å². The first-order chi connectivity index (χ1) is 11.6. The Morgan fingerprint density at radius 1 is 1.21 bits per heavy atom. The SMILES string of the molecule is CC(C)CNC(=O)c1nnc(N2CCC(C)CC2)c2ccccc12. The molecule has 1 saturated heterocycles. The summed E-state index contributed by atoms with van der Waals surface area (Å²) in [5, 5.41) is 13.5. The molecule has 5 nitrogen and oxygen atoms in total. The fraction of sp³-hybridized carbons (Fsp3) is 0.526. The van der Waals surface area contributed by atoms with Crippen LogP contribution in [0.4, 0.5) is 5.82 Å². The largest absolute Gasteiger partial charge is 0.355 e. The van der Waals surface area contributed by atoms with Gasteiger partial charge in [0.1, 0.15) is 0 Å². The summed E-state index contributed by atoms with van der Waals surface area (Å²) in [6, 6.07) is 7.95. The highest BCUT2D eigenvalue weighted by Gasteiger charge is 2.22. The lowest BCUT2D eigenvalue weighted by Gasteiger charge is -2.31. The van der Waals surface area contributed by atoms with Crippen LogP contribution in [0.3, 0.4) is 0 Å². The topological polar surface area (TPSA) is 58.1 Å². The second kappa shape index (κ2) is 7.16. The average molecular weight is 326 g/mol. The number of hydrogen-bond acceptors (Lipinski definition) is 4. The van der Waals surface area contributed by atoms with Gasteiger partial charge in [0.15, 0.2) is 11.5 Å². The van der Waals surface area contributed by atoms with Gasteiger partial charge in [-0.1, -0.05) is 45.0 Å². The number of fused-ring (bicyclic) bond motifs is 1. The quantitative estimate of drug-likeness (QED) is 0.937. The van der Waals surface area contributed by atoms with E-state index in [-0.39, 0.29) is 5.91 Å². The van der Waals surface area contributed by atoms with Crippen molar-refractivity contribution in [3.63, 3.8) is 0 Å². The van der Waals surface area contributed by atoms with Crippen molar-refractivity contribution >= 4 is 22.5 Å². The molecule has 0 radical (unpaired) electrons. The standard InChI is InChI=1S/C19H26N4O/c1-13(2)12-20-19(24)17-15-6-4-5-7-16(15)18(22-21-17)23-10-8-14(3)9-11-23/h4-7,13-14H,8-12H2,1-3H3,(H,20,24). The molecule has 3 rings (SSSR count). The molecule has 0 bridgehead atoms. The molecule has 24 heavy (non-hydrogen) atoms. The molecule has 2 heterocycles. The van der Waals surface area contributed by atoms with E-state index in [2.05, 4.69) is 41.2 Å². The molecule has 128 valence electrons. The number of carbonyl (C=O) groups excluding carboxylic acids is 1. The lowest BCUT2D eigenvalue weighted by Crippen LogP contribution is -2.34. The van der Waals surface area contributed by atoms with E-state index in [1.54, 1.807) is 0 Å². The van der Waals surface area contributed by atoms with Crippen LogP contribution in [0.2, 0.25) is 0 Å². The second-order valence-electron chi connectivity index (χ2n) is 7.19. The van der Waals surface area contributed by atoms with Crippen LogP contribution in [0.1, 0.15) is 44.1 Å². The van der Waals surface area contributed by atoms with Crippen LogP contribution >= 0.6 is 0 Å². The molecule has 1 aromatic heterocycles. The zero-order chi connectivity index (χ0) is 17.1. The smallest absolute Gasteiger partial charge is 0.272 e. The monoisotopic (exact) mass is 326 g/mol. The normalized spacial score (nSPS) is 15.9. The maximum absolute atomic E-state index is 12.5. The molecule has 1 fully saturated rings. The Hall–Kier alpha value is -2.17. The number of carbonyl (C=O) groups is 1. The van der Waals surface area contributed by atoms with Crippen LogP contribution in [-0.2, 0) is 0 Å². The van der Waals surface area contributed by atoms with E-state index in [4.69, 9.17) is 0 Å². The van der Waals surface area contributed by atoms with Gasteiger partial charge in [-0.25, -0.2) is 0 Å². The summed E-state index contributed by atoms with van der Waals surface area (Å²) in [6.45, 7) is 9.08. The zero-order valence-electron chi connectivity index (χ0n) is 14.7. The van der Waals surface area contributed by atoms with Crippen molar-refractivity contribution in [2.45, 2.75) is 33.6 Å². The van der Waals surface area contributed by atoms with Crippen LogP contribution in [-0.4, -0.2) is 35.7 Å². The summed E-state index contributed by atoms with van der Waals surface area (Å²) in [6.07, 6.45) is 2.35. The van der Waals surface area contributed by atoms with Crippen LogP contribution in [0, 0.1) is 11.8 Å². The Morgan fingerprint density at radius 3 is 2.54 bits per heavy atom. The summed E-state index contributed by atoms with van der Waals surface area (Å²) >= 11 is 0. The van der Waals surface area contributed by atoms with E-state index in [1.807, 2.05) is 24.3 Å². The summed E-state index contributed by atoms with van der Waals surface area (Å²) in [5.74, 6) is 1.92. The van der Waals surface area contributed by atoms with Gasteiger partial charge in [-0.3, -0.25) is 4.79 Å². The number of amides is 1. The molecule has 0 unspecified atom stereocenters. The molecule has 1 aliphatic rings. The minimum atomic E-state index is -0.147. The van der Waals surface area contributed by atoms with Crippen LogP contribution < -0.4 is 10.2 Å². The van der Waals surface area contributed by atoms with Crippen molar-refractivity contribution in [2.24, 2.45) is 11.8 Å². The van der Waals surface area contributed by atoms with Gasteiger partial charge in [-0.2, -0.15) is 0 Å². The van der Waals surface area contributed by atoms with Gasteiger partial charge >= 0.3 is 0 Å². The Kier molecular flexibility index (Phi) is 4.97. The van der Waals surface area contributed by atoms with E-state index in [9.17, 15) is 4.79 Å². The number of nitrogens with one attached hydrogen (secondary N) is 1. The molecular formula is C19H26N4O. The predicted octanol–water partition coefficient (Wildman–Crippen LogP) is 3.25. The van der Waals surface area contributed by atoms with Crippen LogP contribution in [0.25, 0.3) is 10.8 Å². The fourth-order valence-electron chi connectivity index (χ4n) is 3.09. The molecule has 1 amide bonds. The maximum atomic E-state index is 12.5. The van der Waals surface area contributed by atoms with Gasteiger partial charge in [0.05, 0.1) is 0 Å². The molecular weight excluding hydrogens is 300 g/mol. The molecule has 0 saturated carbocycles. The molecule has 1 aliphatic heterocycles. The van der Waals surface area contributed by atoms with E-state index < -0.39 is 0 Å².